The lowest BCUT2D eigenvalue weighted by Crippen LogP contribution is -2.45. The predicted octanol–water partition coefficient (Wildman–Crippen LogP) is 2.80. The molecule has 1 amide bonds. The van der Waals surface area contributed by atoms with Gasteiger partial charge in [0.2, 0.25) is 5.95 Å². The molecule has 0 bridgehead atoms. The summed E-state index contributed by atoms with van der Waals surface area (Å²) >= 11 is 0.349. The van der Waals surface area contributed by atoms with Crippen molar-refractivity contribution in [1.82, 2.24) is 14.9 Å². The molecule has 0 unspecified atom stereocenters. The zero-order chi connectivity index (χ0) is 18.5. The summed E-state index contributed by atoms with van der Waals surface area (Å²) in [7, 11) is 2.07. The Morgan fingerprint density at radius 3 is 2.46 bits per heavy atom. The zero-order valence-corrected chi connectivity index (χ0v) is 15.0. The van der Waals surface area contributed by atoms with E-state index in [0.717, 1.165) is 26.2 Å². The van der Waals surface area contributed by atoms with Crippen LogP contribution in [0.2, 0.25) is 0 Å². The van der Waals surface area contributed by atoms with Gasteiger partial charge in [0.1, 0.15) is 0 Å². The number of halogens is 2. The maximum atomic E-state index is 12.6. The molecule has 9 heteroatoms. The van der Waals surface area contributed by atoms with Crippen LogP contribution in [-0.2, 0) is 0 Å². The molecule has 0 radical (unpaired) electrons. The number of nitrogens with one attached hydrogen (secondary N) is 1. The number of carbonyl (C=O) groups excluding carboxylic acids is 1. The summed E-state index contributed by atoms with van der Waals surface area (Å²) < 4.78 is 25.3. The molecule has 3 rings (SSSR count). The number of anilines is 2. The van der Waals surface area contributed by atoms with E-state index in [2.05, 4.69) is 32.1 Å². The average molecular weight is 379 g/mol. The fraction of sp³-hybridized carbons (Fsp3) is 0.353. The number of hydrogen-bond donors (Lipinski definition) is 1. The number of aromatic nitrogens is 2. The van der Waals surface area contributed by atoms with Crippen molar-refractivity contribution in [2.24, 2.45) is 0 Å². The molecule has 6 nitrogen and oxygen atoms in total. The Kier molecular flexibility index (Phi) is 6.00. The lowest BCUT2D eigenvalue weighted by Gasteiger charge is -2.32. The third kappa shape index (κ3) is 4.67. The Hall–Kier alpha value is -2.26. The van der Waals surface area contributed by atoms with Crippen LogP contribution in [0.25, 0.3) is 0 Å². The quantitative estimate of drug-likeness (QED) is 0.806. The van der Waals surface area contributed by atoms with E-state index in [1.54, 1.807) is 12.1 Å². The van der Waals surface area contributed by atoms with Crippen LogP contribution in [0.3, 0.4) is 0 Å². The van der Waals surface area contributed by atoms with E-state index in [1.165, 1.54) is 24.5 Å². The summed E-state index contributed by atoms with van der Waals surface area (Å²) in [6.07, 6.45) is 3.06. The van der Waals surface area contributed by atoms with Gasteiger partial charge in [0.25, 0.3) is 11.7 Å². The van der Waals surface area contributed by atoms with Gasteiger partial charge in [-0.2, -0.15) is 8.78 Å². The van der Waals surface area contributed by atoms with Gasteiger partial charge in [0, 0.05) is 31.1 Å². The molecule has 0 aliphatic carbocycles. The van der Waals surface area contributed by atoms with Crippen molar-refractivity contribution in [1.29, 1.82) is 0 Å². The second kappa shape index (κ2) is 8.41. The molecule has 1 aliphatic heterocycles. The summed E-state index contributed by atoms with van der Waals surface area (Å²) in [5.74, 6) is -2.44. The molecule has 1 fully saturated rings. The highest BCUT2D eigenvalue weighted by Gasteiger charge is 2.18. The van der Waals surface area contributed by atoms with Crippen LogP contribution in [0.5, 0.6) is 0 Å². The van der Waals surface area contributed by atoms with Gasteiger partial charge in [-0.05, 0) is 19.2 Å². The van der Waals surface area contributed by atoms with Gasteiger partial charge in [-0.3, -0.25) is 4.79 Å². The Labute approximate surface area is 154 Å². The van der Waals surface area contributed by atoms with Crippen LogP contribution in [0.4, 0.5) is 20.4 Å². The van der Waals surface area contributed by atoms with E-state index in [4.69, 9.17) is 0 Å². The van der Waals surface area contributed by atoms with Crippen molar-refractivity contribution >= 4 is 29.3 Å². The fourth-order valence-corrected chi connectivity index (χ4v) is 3.24. The Balaban J connectivity index is 1.67. The molecule has 0 spiro atoms. The van der Waals surface area contributed by atoms with E-state index in [-0.39, 0.29) is 10.5 Å². The van der Waals surface area contributed by atoms with E-state index < -0.39 is 11.7 Å². The summed E-state index contributed by atoms with van der Waals surface area (Å²) in [5, 5.41) is 2.66. The largest absolute Gasteiger partial charge is 0.338 e. The van der Waals surface area contributed by atoms with E-state index >= 15 is 0 Å². The van der Waals surface area contributed by atoms with Gasteiger partial charge in [-0.25, -0.2) is 9.97 Å². The second-order valence-corrected chi connectivity index (χ2v) is 6.92. The average Bonchev–Trinajstić information content (AvgIpc) is 2.63. The van der Waals surface area contributed by atoms with Gasteiger partial charge in [0.15, 0.2) is 0 Å². The lowest BCUT2D eigenvalue weighted by atomic mass is 10.2. The van der Waals surface area contributed by atoms with Gasteiger partial charge < -0.3 is 15.1 Å². The Morgan fingerprint density at radius 1 is 1.15 bits per heavy atom. The van der Waals surface area contributed by atoms with Crippen molar-refractivity contribution in [3.8, 4) is 0 Å². The number of carbonyl (C=O) groups is 1. The van der Waals surface area contributed by atoms with Gasteiger partial charge in [-0.15, -0.1) is 0 Å². The molecule has 2 aromatic rings. The lowest BCUT2D eigenvalue weighted by molar-refractivity contribution is 0.102. The highest BCUT2D eigenvalue weighted by molar-refractivity contribution is 7.99. The molecular formula is C17H19F2N5OS. The van der Waals surface area contributed by atoms with Gasteiger partial charge in [0.05, 0.1) is 23.6 Å². The molecule has 0 atom stereocenters. The minimum Gasteiger partial charge on any atom is -0.338 e. The summed E-state index contributed by atoms with van der Waals surface area (Å²) in [6.45, 7) is 3.59. The number of hydrogen-bond acceptors (Lipinski definition) is 6. The summed E-state index contributed by atoms with van der Waals surface area (Å²) in [4.78, 5) is 25.6. The number of nitrogens with zero attached hydrogens (tertiary/aromatic N) is 4. The summed E-state index contributed by atoms with van der Waals surface area (Å²) in [6, 6.07) is 6.27. The SMILES string of the molecule is CN1CCN(c2ncc(NC(=O)c3ccccc3SC(F)F)cn2)CC1. The number of amides is 1. The van der Waals surface area contributed by atoms with Crippen molar-refractivity contribution < 1.29 is 13.6 Å². The van der Waals surface area contributed by atoms with Crippen molar-refractivity contribution in [3.63, 3.8) is 0 Å². The summed E-state index contributed by atoms with van der Waals surface area (Å²) in [5.41, 5.74) is 0.616. The molecule has 1 aliphatic rings. The molecular weight excluding hydrogens is 360 g/mol. The van der Waals surface area contributed by atoms with Crippen molar-refractivity contribution in [2.45, 2.75) is 10.7 Å². The van der Waals surface area contributed by atoms with Crippen LogP contribution < -0.4 is 10.2 Å². The first-order valence-electron chi connectivity index (χ1n) is 8.13. The highest BCUT2D eigenvalue weighted by Crippen LogP contribution is 2.28. The zero-order valence-electron chi connectivity index (χ0n) is 14.2. The van der Waals surface area contributed by atoms with E-state index in [9.17, 15) is 13.6 Å². The van der Waals surface area contributed by atoms with Crippen LogP contribution in [0.1, 0.15) is 10.4 Å². The molecule has 138 valence electrons. The minimum absolute atomic E-state index is 0.195. The number of likely N-dealkylation sites (N-methyl/N-ethyl adjacent to an activating group) is 1. The Morgan fingerprint density at radius 2 is 1.81 bits per heavy atom. The first kappa shape index (κ1) is 18.5. The smallest absolute Gasteiger partial charge is 0.288 e. The van der Waals surface area contributed by atoms with Crippen molar-refractivity contribution in [3.05, 3.63) is 42.2 Å². The van der Waals surface area contributed by atoms with Gasteiger partial charge in [-0.1, -0.05) is 23.9 Å². The van der Waals surface area contributed by atoms with Crippen molar-refractivity contribution in [2.75, 3.05) is 43.4 Å². The standard InChI is InChI=1S/C17H19F2N5OS/c1-23-6-8-24(9-7-23)17-20-10-12(11-21-17)22-15(25)13-4-2-3-5-14(13)26-16(18)19/h2-5,10-11,16H,6-9H2,1H3,(H,22,25). The molecule has 1 aromatic carbocycles. The molecule has 1 aromatic heterocycles. The minimum atomic E-state index is -2.59. The Bertz CT molecular complexity index is 751. The fourth-order valence-electron chi connectivity index (χ4n) is 2.61. The molecule has 26 heavy (non-hydrogen) atoms. The van der Waals surface area contributed by atoms with E-state index in [0.29, 0.717) is 23.4 Å². The second-order valence-electron chi connectivity index (χ2n) is 5.89. The normalized spacial score (nSPS) is 15.3. The van der Waals surface area contributed by atoms with Crippen LogP contribution in [0, 0.1) is 0 Å². The van der Waals surface area contributed by atoms with Crippen LogP contribution >= 0.6 is 11.8 Å². The highest BCUT2D eigenvalue weighted by atomic mass is 32.2. The van der Waals surface area contributed by atoms with Crippen LogP contribution in [-0.4, -0.2) is 59.8 Å². The number of piperazine rings is 1. The van der Waals surface area contributed by atoms with Crippen LogP contribution in [0.15, 0.2) is 41.6 Å². The topological polar surface area (TPSA) is 61.4 Å². The number of alkyl halides is 2. The van der Waals surface area contributed by atoms with E-state index in [1.807, 2.05) is 0 Å². The number of rotatable bonds is 5. The maximum absolute atomic E-state index is 12.6. The molecule has 0 saturated carbocycles. The molecule has 1 saturated heterocycles. The third-order valence-electron chi connectivity index (χ3n) is 4.03. The maximum Gasteiger partial charge on any atom is 0.288 e. The molecule has 2 heterocycles. The monoisotopic (exact) mass is 379 g/mol. The first-order chi connectivity index (χ1) is 12.5. The number of benzene rings is 1. The van der Waals surface area contributed by atoms with Gasteiger partial charge >= 0.3 is 0 Å². The number of thioether (sulfide) groups is 1. The first-order valence-corrected chi connectivity index (χ1v) is 9.01. The third-order valence-corrected chi connectivity index (χ3v) is 4.82. The predicted molar refractivity (Wildman–Crippen MR) is 98.0 cm³/mol. The molecule has 1 N–H and O–H groups in total.